The molecule has 8 nitrogen and oxygen atoms in total. The summed E-state index contributed by atoms with van der Waals surface area (Å²) < 4.78 is 11.0. The van der Waals surface area contributed by atoms with Crippen molar-refractivity contribution in [3.8, 4) is 5.75 Å². The molecule has 2 N–H and O–H groups in total. The zero-order valence-corrected chi connectivity index (χ0v) is 18.1. The van der Waals surface area contributed by atoms with Gasteiger partial charge in [-0.25, -0.2) is 4.79 Å². The van der Waals surface area contributed by atoms with Crippen LogP contribution < -0.4 is 10.1 Å². The Morgan fingerprint density at radius 2 is 1.97 bits per heavy atom. The number of ether oxygens (including phenoxy) is 2. The van der Waals surface area contributed by atoms with Gasteiger partial charge in [0.25, 0.3) is 5.91 Å². The second-order valence-corrected chi connectivity index (χ2v) is 8.41. The molecule has 8 heteroatoms. The second kappa shape index (κ2) is 9.19. The summed E-state index contributed by atoms with van der Waals surface area (Å²) in [4.78, 5) is 26.2. The summed E-state index contributed by atoms with van der Waals surface area (Å²) >= 11 is 0. The maximum Gasteiger partial charge on any atom is 0.410 e. The third kappa shape index (κ3) is 5.75. The monoisotopic (exact) mass is 414 g/mol. The van der Waals surface area contributed by atoms with Crippen molar-refractivity contribution in [2.24, 2.45) is 0 Å². The number of benzene rings is 1. The number of aromatic amines is 1. The molecule has 1 aromatic heterocycles. The number of carbonyl (C=O) groups is 2. The maximum absolute atomic E-state index is 12.3. The number of amides is 2. The smallest absolute Gasteiger partial charge is 0.410 e. The van der Waals surface area contributed by atoms with Gasteiger partial charge in [0.15, 0.2) is 12.4 Å². The Bertz CT molecular complexity index is 884. The Balaban J connectivity index is 1.52. The Morgan fingerprint density at radius 3 is 2.63 bits per heavy atom. The van der Waals surface area contributed by atoms with Gasteiger partial charge in [-0.2, -0.15) is 5.10 Å². The number of hydrogen-bond donors (Lipinski definition) is 2. The molecule has 3 rings (SSSR count). The Labute approximate surface area is 176 Å². The lowest BCUT2D eigenvalue weighted by atomic mass is 10.1. The highest BCUT2D eigenvalue weighted by molar-refractivity contribution is 5.91. The highest BCUT2D eigenvalue weighted by Gasteiger charge is 2.28. The van der Waals surface area contributed by atoms with Gasteiger partial charge in [0.2, 0.25) is 0 Å². The van der Waals surface area contributed by atoms with Crippen molar-refractivity contribution < 1.29 is 19.1 Å². The van der Waals surface area contributed by atoms with Gasteiger partial charge in [-0.3, -0.25) is 9.89 Å². The first-order valence-electron chi connectivity index (χ1n) is 10.3. The largest absolute Gasteiger partial charge is 0.484 e. The van der Waals surface area contributed by atoms with E-state index >= 15 is 0 Å². The minimum Gasteiger partial charge on any atom is -0.484 e. The van der Waals surface area contributed by atoms with Crippen molar-refractivity contribution >= 4 is 17.8 Å². The molecule has 0 radical (unpaired) electrons. The van der Waals surface area contributed by atoms with E-state index in [-0.39, 0.29) is 18.6 Å². The van der Waals surface area contributed by atoms with Crippen LogP contribution in [0.3, 0.4) is 0 Å². The molecule has 2 heterocycles. The molecule has 2 aromatic rings. The molecule has 0 bridgehead atoms. The lowest BCUT2D eigenvalue weighted by Crippen LogP contribution is -2.40. The average molecular weight is 415 g/mol. The van der Waals surface area contributed by atoms with Crippen LogP contribution in [0, 0.1) is 0 Å². The number of aryl methyl sites for hydroxylation is 1. The van der Waals surface area contributed by atoms with E-state index in [2.05, 4.69) is 22.4 Å². The van der Waals surface area contributed by atoms with Crippen LogP contribution in [0.25, 0.3) is 0 Å². The van der Waals surface area contributed by atoms with Crippen LogP contribution in [0.4, 0.5) is 10.6 Å². The van der Waals surface area contributed by atoms with Crippen molar-refractivity contribution in [3.05, 3.63) is 41.1 Å². The van der Waals surface area contributed by atoms with E-state index in [1.165, 1.54) is 5.56 Å². The van der Waals surface area contributed by atoms with Gasteiger partial charge >= 0.3 is 6.09 Å². The predicted octanol–water partition coefficient (Wildman–Crippen LogP) is 3.67. The maximum atomic E-state index is 12.3. The lowest BCUT2D eigenvalue weighted by Gasteiger charge is -2.29. The number of nitrogens with zero attached hydrogens (tertiary/aromatic N) is 2. The minimum absolute atomic E-state index is 0.0984. The van der Waals surface area contributed by atoms with Crippen LogP contribution in [0.2, 0.25) is 0 Å². The van der Waals surface area contributed by atoms with Gasteiger partial charge in [-0.05, 0) is 51.3 Å². The summed E-state index contributed by atoms with van der Waals surface area (Å²) in [6, 6.07) is 7.77. The van der Waals surface area contributed by atoms with Crippen LogP contribution in [0.15, 0.2) is 24.3 Å². The van der Waals surface area contributed by atoms with Crippen molar-refractivity contribution in [1.82, 2.24) is 15.1 Å². The van der Waals surface area contributed by atoms with E-state index in [1.807, 2.05) is 45.0 Å². The molecular weight excluding hydrogens is 384 g/mol. The SMILES string of the molecule is CCCc1ccc(OCC(=O)Nc2n[nH]c3c2CCN(C(=O)OC(C)(C)C)C3)cc1. The molecule has 0 saturated carbocycles. The molecular formula is C22H30N4O4. The summed E-state index contributed by atoms with van der Waals surface area (Å²) in [5, 5.41) is 9.91. The molecule has 1 aliphatic rings. The Kier molecular flexibility index (Phi) is 6.64. The van der Waals surface area contributed by atoms with Crippen molar-refractivity contribution in [2.75, 3.05) is 18.5 Å². The number of H-pyrrole nitrogens is 1. The van der Waals surface area contributed by atoms with Crippen LogP contribution in [-0.2, 0) is 28.9 Å². The first-order valence-corrected chi connectivity index (χ1v) is 10.3. The summed E-state index contributed by atoms with van der Waals surface area (Å²) in [7, 11) is 0. The van der Waals surface area contributed by atoms with Crippen LogP contribution >= 0.6 is 0 Å². The normalized spacial score (nSPS) is 13.5. The summed E-state index contributed by atoms with van der Waals surface area (Å²) in [6.07, 6.45) is 2.34. The zero-order valence-electron chi connectivity index (χ0n) is 18.1. The van der Waals surface area contributed by atoms with Crippen LogP contribution in [-0.4, -0.2) is 45.9 Å². The molecule has 0 spiro atoms. The van der Waals surface area contributed by atoms with Gasteiger partial charge < -0.3 is 19.7 Å². The minimum atomic E-state index is -0.541. The van der Waals surface area contributed by atoms with Crippen LogP contribution in [0.5, 0.6) is 5.75 Å². The molecule has 1 aromatic carbocycles. The van der Waals surface area contributed by atoms with Crippen molar-refractivity contribution in [3.63, 3.8) is 0 Å². The molecule has 1 aliphatic heterocycles. The molecule has 30 heavy (non-hydrogen) atoms. The van der Waals surface area contributed by atoms with E-state index in [1.54, 1.807) is 4.90 Å². The molecule has 162 valence electrons. The topological polar surface area (TPSA) is 96.5 Å². The first kappa shape index (κ1) is 21.7. The highest BCUT2D eigenvalue weighted by atomic mass is 16.6. The standard InChI is InChI=1S/C22H30N4O4/c1-5-6-15-7-9-16(10-8-15)29-14-19(27)23-20-17-11-12-26(13-18(17)24-25-20)21(28)30-22(2,3)4/h7-10H,5-6,11-14H2,1-4H3,(H2,23,24,25,27). The van der Waals surface area contributed by atoms with Gasteiger partial charge in [-0.1, -0.05) is 25.5 Å². The second-order valence-electron chi connectivity index (χ2n) is 8.41. The number of hydrogen-bond acceptors (Lipinski definition) is 5. The van der Waals surface area contributed by atoms with Crippen LogP contribution in [0.1, 0.15) is 50.9 Å². The van der Waals surface area contributed by atoms with E-state index < -0.39 is 5.60 Å². The third-order valence-corrected chi connectivity index (χ3v) is 4.67. The molecule has 0 fully saturated rings. The highest BCUT2D eigenvalue weighted by Crippen LogP contribution is 2.25. The Morgan fingerprint density at radius 1 is 1.23 bits per heavy atom. The third-order valence-electron chi connectivity index (χ3n) is 4.67. The summed E-state index contributed by atoms with van der Waals surface area (Å²) in [5.74, 6) is 0.860. The van der Waals surface area contributed by atoms with E-state index in [9.17, 15) is 9.59 Å². The average Bonchev–Trinajstić information content (AvgIpc) is 3.08. The fourth-order valence-corrected chi connectivity index (χ4v) is 3.26. The van der Waals surface area contributed by atoms with E-state index in [0.29, 0.717) is 31.1 Å². The summed E-state index contributed by atoms with van der Waals surface area (Å²) in [6.45, 7) is 8.43. The Hall–Kier alpha value is -3.03. The van der Waals surface area contributed by atoms with E-state index in [4.69, 9.17) is 9.47 Å². The summed E-state index contributed by atoms with van der Waals surface area (Å²) in [5.41, 5.74) is 2.42. The number of rotatable bonds is 6. The van der Waals surface area contributed by atoms with Gasteiger partial charge in [0.1, 0.15) is 11.4 Å². The fourth-order valence-electron chi connectivity index (χ4n) is 3.26. The molecule has 0 atom stereocenters. The molecule has 0 unspecified atom stereocenters. The van der Waals surface area contributed by atoms with Gasteiger partial charge in [0, 0.05) is 12.1 Å². The molecule has 0 aliphatic carbocycles. The van der Waals surface area contributed by atoms with Gasteiger partial charge in [-0.15, -0.1) is 0 Å². The number of anilines is 1. The number of nitrogens with one attached hydrogen (secondary N) is 2. The lowest BCUT2D eigenvalue weighted by molar-refractivity contribution is -0.118. The molecule has 2 amide bonds. The number of aromatic nitrogens is 2. The predicted molar refractivity (Wildman–Crippen MR) is 113 cm³/mol. The first-order chi connectivity index (χ1) is 14.2. The van der Waals surface area contributed by atoms with Crippen molar-refractivity contribution in [2.45, 2.75) is 59.1 Å². The molecule has 0 saturated heterocycles. The van der Waals surface area contributed by atoms with E-state index in [0.717, 1.165) is 24.1 Å². The quantitative estimate of drug-likeness (QED) is 0.752. The fraction of sp³-hybridized carbons (Fsp3) is 0.500. The number of carbonyl (C=O) groups excluding carboxylic acids is 2. The van der Waals surface area contributed by atoms with Crippen molar-refractivity contribution in [1.29, 1.82) is 0 Å². The number of fused-ring (bicyclic) bond motifs is 1. The zero-order chi connectivity index (χ0) is 21.7. The van der Waals surface area contributed by atoms with Gasteiger partial charge in [0.05, 0.1) is 12.2 Å².